The van der Waals surface area contributed by atoms with Crippen LogP contribution in [0.4, 0.5) is 0 Å². The van der Waals surface area contributed by atoms with Crippen molar-refractivity contribution in [2.45, 2.75) is 0 Å². The Labute approximate surface area is 331 Å². The number of hydrogen-bond acceptors (Lipinski definition) is 4. The zero-order valence-corrected chi connectivity index (χ0v) is 31.3. The molecule has 268 valence electrons. The van der Waals surface area contributed by atoms with Crippen molar-refractivity contribution in [1.82, 2.24) is 0 Å². The summed E-state index contributed by atoms with van der Waals surface area (Å²) in [6.07, 6.45) is 1.83. The van der Waals surface area contributed by atoms with Crippen LogP contribution in [0, 0.1) is 5.41 Å². The number of fused-ring (bicyclic) bond motifs is 9. The van der Waals surface area contributed by atoms with Crippen molar-refractivity contribution in [2.24, 2.45) is 9.98 Å². The molecule has 0 aliphatic heterocycles. The minimum Gasteiger partial charge on any atom is -0.456 e. The van der Waals surface area contributed by atoms with E-state index < -0.39 is 0 Å². The number of nitrogens with one attached hydrogen (secondary N) is 1. The largest absolute Gasteiger partial charge is 0.456 e. The maximum Gasteiger partial charge on any atom is 0.161 e. The molecule has 11 aromatic rings. The second-order valence-corrected chi connectivity index (χ2v) is 15.2. The summed E-state index contributed by atoms with van der Waals surface area (Å²) >= 11 is 1.73. The molecule has 8 aromatic carbocycles. The normalized spacial score (nSPS) is 12.3. The van der Waals surface area contributed by atoms with Crippen LogP contribution in [-0.2, 0) is 0 Å². The van der Waals surface area contributed by atoms with Crippen molar-refractivity contribution in [2.75, 3.05) is 0 Å². The number of thiophene rings is 1. The maximum absolute atomic E-state index is 9.18. The summed E-state index contributed by atoms with van der Waals surface area (Å²) < 4.78 is 15.2. The Morgan fingerprint density at radius 1 is 0.474 bits per heavy atom. The molecule has 11 rings (SSSR count). The predicted molar refractivity (Wildman–Crippen MR) is 239 cm³/mol. The molecule has 0 saturated carbocycles. The number of para-hydroxylation sites is 2. The Morgan fingerprint density at radius 2 is 1.16 bits per heavy atom. The van der Waals surface area contributed by atoms with Gasteiger partial charge in [0.2, 0.25) is 0 Å². The number of amidine groups is 2. The van der Waals surface area contributed by atoms with Crippen LogP contribution in [0.3, 0.4) is 0 Å². The van der Waals surface area contributed by atoms with Crippen LogP contribution >= 0.6 is 11.3 Å². The molecule has 3 heterocycles. The number of rotatable bonds is 5. The average molecular weight is 750 g/mol. The summed E-state index contributed by atoms with van der Waals surface area (Å²) in [4.78, 5) is 9.82. The van der Waals surface area contributed by atoms with Crippen molar-refractivity contribution in [3.05, 3.63) is 193 Å². The van der Waals surface area contributed by atoms with Crippen LogP contribution < -0.4 is 0 Å². The van der Waals surface area contributed by atoms with Crippen molar-refractivity contribution in [3.8, 4) is 22.3 Å². The summed E-state index contributed by atoms with van der Waals surface area (Å²) in [5.74, 6) is 0.596. The molecule has 0 fully saturated rings. The third-order valence-electron chi connectivity index (χ3n) is 10.6. The van der Waals surface area contributed by atoms with Gasteiger partial charge in [0.05, 0.1) is 0 Å². The topological polar surface area (TPSA) is 74.8 Å². The number of benzene rings is 8. The Balaban J connectivity index is 0.978. The van der Waals surface area contributed by atoms with Gasteiger partial charge in [0.25, 0.3) is 0 Å². The van der Waals surface area contributed by atoms with Gasteiger partial charge in [-0.1, -0.05) is 140 Å². The van der Waals surface area contributed by atoms with Crippen molar-refractivity contribution in [3.63, 3.8) is 0 Å². The van der Waals surface area contributed by atoms with Gasteiger partial charge in [0.1, 0.15) is 22.3 Å². The molecule has 0 bridgehead atoms. The SMILES string of the molecule is N=C(/N=C(\N=C\c1cccc(-c2ccccc2)c1)c1ccc(-c2cccc3c2oc2cc4c(cc23)oc2ccccc24)cc1)c1ccc2c(c1)sc1ccccc12. The van der Waals surface area contributed by atoms with Gasteiger partial charge >= 0.3 is 0 Å². The van der Waals surface area contributed by atoms with E-state index in [1.165, 1.54) is 15.5 Å². The molecule has 0 radical (unpaired) electrons. The molecular weight excluding hydrogens is 719 g/mol. The van der Waals surface area contributed by atoms with E-state index in [2.05, 4.69) is 109 Å². The molecule has 57 heavy (non-hydrogen) atoms. The van der Waals surface area contributed by atoms with E-state index >= 15 is 0 Å². The monoisotopic (exact) mass is 749 g/mol. The third kappa shape index (κ3) is 5.82. The Bertz CT molecular complexity index is 3420. The van der Waals surface area contributed by atoms with Gasteiger partial charge in [0.15, 0.2) is 11.7 Å². The lowest BCUT2D eigenvalue weighted by Crippen LogP contribution is -2.04. The predicted octanol–water partition coefficient (Wildman–Crippen LogP) is 14.1. The minimum absolute atomic E-state index is 0.147. The number of hydrogen-bond donors (Lipinski definition) is 1. The van der Waals surface area contributed by atoms with Gasteiger partial charge in [-0.15, -0.1) is 11.3 Å². The molecule has 0 saturated heterocycles. The molecule has 1 N–H and O–H groups in total. The summed E-state index contributed by atoms with van der Waals surface area (Å²) in [5, 5.41) is 15.7. The molecule has 0 amide bonds. The highest BCUT2D eigenvalue weighted by molar-refractivity contribution is 7.25. The van der Waals surface area contributed by atoms with Gasteiger partial charge in [-0.3, -0.25) is 5.41 Å². The van der Waals surface area contributed by atoms with Crippen LogP contribution in [0.1, 0.15) is 16.7 Å². The first-order chi connectivity index (χ1) is 28.1. The molecular formula is C51H31N3O2S. The smallest absolute Gasteiger partial charge is 0.161 e. The lowest BCUT2D eigenvalue weighted by Gasteiger charge is -2.07. The van der Waals surface area contributed by atoms with E-state index in [1.807, 2.05) is 72.9 Å². The van der Waals surface area contributed by atoms with Crippen LogP contribution in [0.25, 0.3) is 86.3 Å². The van der Waals surface area contributed by atoms with Crippen molar-refractivity contribution in [1.29, 1.82) is 5.41 Å². The number of furan rings is 2. The second-order valence-electron chi connectivity index (χ2n) is 14.1. The second kappa shape index (κ2) is 13.4. The van der Waals surface area contributed by atoms with Crippen molar-refractivity contribution >= 4 is 93.3 Å². The lowest BCUT2D eigenvalue weighted by atomic mass is 10.0. The highest BCUT2D eigenvalue weighted by atomic mass is 32.1. The van der Waals surface area contributed by atoms with E-state index in [0.717, 1.165) is 87.5 Å². The minimum atomic E-state index is 0.147. The molecule has 3 aromatic heterocycles. The van der Waals surface area contributed by atoms with E-state index in [0.29, 0.717) is 5.84 Å². The lowest BCUT2D eigenvalue weighted by molar-refractivity contribution is 0.664. The summed E-state index contributed by atoms with van der Waals surface area (Å²) in [6, 6.07) is 59.9. The highest BCUT2D eigenvalue weighted by Gasteiger charge is 2.17. The van der Waals surface area contributed by atoms with E-state index in [-0.39, 0.29) is 5.84 Å². The molecule has 0 atom stereocenters. The molecule has 6 heteroatoms. The summed E-state index contributed by atoms with van der Waals surface area (Å²) in [7, 11) is 0. The fourth-order valence-corrected chi connectivity index (χ4v) is 8.96. The first kappa shape index (κ1) is 33.0. The Morgan fingerprint density at radius 3 is 2.04 bits per heavy atom. The number of nitrogens with zero attached hydrogens (tertiary/aromatic N) is 2. The van der Waals surface area contributed by atoms with Gasteiger partial charge in [0, 0.05) is 64.6 Å². The summed E-state index contributed by atoms with van der Waals surface area (Å²) in [5.41, 5.74) is 10.1. The quantitative estimate of drug-likeness (QED) is 0.140. The van der Waals surface area contributed by atoms with Gasteiger partial charge < -0.3 is 8.83 Å². The van der Waals surface area contributed by atoms with Crippen LogP contribution in [0.5, 0.6) is 0 Å². The molecule has 5 nitrogen and oxygen atoms in total. The van der Waals surface area contributed by atoms with E-state index in [9.17, 15) is 5.41 Å². The van der Waals surface area contributed by atoms with Gasteiger partial charge in [-0.2, -0.15) is 0 Å². The van der Waals surface area contributed by atoms with E-state index in [4.69, 9.17) is 18.8 Å². The average Bonchev–Trinajstić information content (AvgIpc) is 3.95. The molecule has 0 aliphatic rings. The first-order valence-electron chi connectivity index (χ1n) is 18.8. The fraction of sp³-hybridized carbons (Fsp3) is 0. The Hall–Kier alpha value is -7.41. The molecule has 0 unspecified atom stereocenters. The summed E-state index contributed by atoms with van der Waals surface area (Å²) in [6.45, 7) is 0. The van der Waals surface area contributed by atoms with E-state index in [1.54, 1.807) is 11.3 Å². The zero-order chi connectivity index (χ0) is 37.9. The van der Waals surface area contributed by atoms with Crippen LogP contribution in [0.2, 0.25) is 0 Å². The van der Waals surface area contributed by atoms with Gasteiger partial charge in [-0.05, 0) is 58.7 Å². The standard InChI is InChI=1S/C51H31N3O2S/c52-50(36-24-25-40-39-15-5-7-19-47(39)57-48(40)27-36)54-51(53-30-31-10-8-13-35(26-31)32-11-2-1-3-12-32)34-22-20-33(21-23-34)37-16-9-17-41-43-29-45-42(28-46(43)56-49(37)41)38-14-4-6-18-44(38)55-45/h1-30,52H/b52-50?,53-30+,54-51-. The number of aliphatic imine (C=N–C) groups is 2. The third-order valence-corrected chi connectivity index (χ3v) is 11.8. The molecule has 0 spiro atoms. The maximum atomic E-state index is 9.18. The highest BCUT2D eigenvalue weighted by Crippen LogP contribution is 2.40. The van der Waals surface area contributed by atoms with Crippen LogP contribution in [-0.4, -0.2) is 17.9 Å². The van der Waals surface area contributed by atoms with Gasteiger partial charge in [-0.25, -0.2) is 9.98 Å². The Kier molecular flexibility index (Phi) is 7.76. The molecule has 0 aliphatic carbocycles. The van der Waals surface area contributed by atoms with Crippen LogP contribution in [0.15, 0.2) is 195 Å². The first-order valence-corrected chi connectivity index (χ1v) is 19.6. The zero-order valence-electron chi connectivity index (χ0n) is 30.4. The fourth-order valence-electron chi connectivity index (χ4n) is 7.82. The van der Waals surface area contributed by atoms with Crippen molar-refractivity contribution < 1.29 is 8.83 Å².